The van der Waals surface area contributed by atoms with Crippen molar-refractivity contribution in [3.8, 4) is 77.9 Å². The van der Waals surface area contributed by atoms with Crippen molar-refractivity contribution in [2.45, 2.75) is 0 Å². The summed E-state index contributed by atoms with van der Waals surface area (Å²) in [4.78, 5) is 0. The second-order valence-corrected chi connectivity index (χ2v) is 26.9. The van der Waals surface area contributed by atoms with Gasteiger partial charge in [0.25, 0.3) is 0 Å². The lowest BCUT2D eigenvalue weighted by molar-refractivity contribution is 0.426. The number of benzene rings is 18. The second-order valence-electron chi connectivity index (χ2n) is 26.0. The Bertz CT molecular complexity index is 6500. The lowest BCUT2D eigenvalue weighted by Gasteiger charge is -2.18. The molecule has 2 aromatic heterocycles. The molecule has 0 saturated carbocycles. The maximum atomic E-state index is 10.2. The van der Waals surface area contributed by atoms with Gasteiger partial charge in [0, 0.05) is 26.0 Å². The summed E-state index contributed by atoms with van der Waals surface area (Å²) < 4.78 is 13.0. The van der Waals surface area contributed by atoms with Crippen LogP contribution in [0.3, 0.4) is 0 Å². The number of hydrogen-bond donors (Lipinski definition) is 2. The molecule has 0 fully saturated rings. The van der Waals surface area contributed by atoms with Crippen molar-refractivity contribution >= 4 is 137 Å². The molecule has 0 radical (unpaired) electrons. The Morgan fingerprint density at radius 1 is 0.206 bits per heavy atom. The monoisotopic (exact) mass is 1370 g/mol. The summed E-state index contributed by atoms with van der Waals surface area (Å²) in [5.74, 6) is 0. The standard InChI is InChI=1S/C48H30O.C30H21BO2.C18H11BrO/c1-2-15-37-32(11-1)12-10-21-38(37)35-13-9-14-36(29-35)48-42-19-5-3-17-40(42)47(41-18-4-6-20-43(41)48)33-25-23-31(24-26-33)34-27-28-46-44(30-34)39-16-7-8-22-45(39)49-46;32-31(33)30-27-16-5-3-14-25(27)29(26-15-4-6-17-28(26)30)22-12-7-11-21(19-22)24-18-8-10-20-9-1-2-13-23(20)24;19-14-8-5-12(6-9-14)13-7-10-18-16(11-13)15-3-1-2-4-17(15)20-18/h1-30H;1-19,32-33H;1-11H. The minimum atomic E-state index is -1.55. The summed E-state index contributed by atoms with van der Waals surface area (Å²) in [6.45, 7) is 0. The maximum absolute atomic E-state index is 10.2. The number of hydrogen-bond acceptors (Lipinski definition) is 4. The van der Waals surface area contributed by atoms with Gasteiger partial charge in [-0.2, -0.15) is 0 Å². The lowest BCUT2D eigenvalue weighted by Crippen LogP contribution is -2.31. The molecule has 0 saturated heterocycles. The van der Waals surface area contributed by atoms with Crippen molar-refractivity contribution in [2.75, 3.05) is 0 Å². The maximum Gasteiger partial charge on any atom is 0.489 e. The summed E-state index contributed by atoms with van der Waals surface area (Å²) in [7, 11) is -1.55. The topological polar surface area (TPSA) is 66.7 Å². The molecule has 0 spiro atoms. The van der Waals surface area contributed by atoms with Crippen LogP contribution >= 0.6 is 15.9 Å². The molecule has 0 aliphatic carbocycles. The molecular formula is C96H62BBrO4. The molecule has 20 aromatic rings. The number of fused-ring (bicyclic) bond motifs is 12. The van der Waals surface area contributed by atoms with Crippen LogP contribution in [0.4, 0.5) is 0 Å². The number of rotatable bonds is 8. The zero-order chi connectivity index (χ0) is 68.2. The van der Waals surface area contributed by atoms with Crippen LogP contribution in [0.25, 0.3) is 186 Å². The molecule has 0 unspecified atom stereocenters. The van der Waals surface area contributed by atoms with Crippen molar-refractivity contribution in [3.63, 3.8) is 0 Å². The van der Waals surface area contributed by atoms with E-state index in [9.17, 15) is 10.0 Å². The third-order valence-electron chi connectivity index (χ3n) is 20.1. The molecule has 0 amide bonds. The number of para-hydroxylation sites is 2. The second kappa shape index (κ2) is 26.4. The first-order valence-corrected chi connectivity index (χ1v) is 35.2. The Hall–Kier alpha value is -12.4. The Labute approximate surface area is 598 Å². The highest BCUT2D eigenvalue weighted by Gasteiger charge is 2.24. The van der Waals surface area contributed by atoms with E-state index in [4.69, 9.17) is 8.83 Å². The van der Waals surface area contributed by atoms with Gasteiger partial charge in [-0.25, -0.2) is 0 Å². The van der Waals surface area contributed by atoms with Gasteiger partial charge < -0.3 is 18.9 Å². The van der Waals surface area contributed by atoms with Crippen LogP contribution in [0.2, 0.25) is 0 Å². The molecule has 18 aromatic carbocycles. The molecule has 0 aliphatic rings. The van der Waals surface area contributed by atoms with Gasteiger partial charge in [-0.15, -0.1) is 0 Å². The molecule has 2 N–H and O–H groups in total. The van der Waals surface area contributed by atoms with Crippen molar-refractivity contribution in [1.82, 2.24) is 0 Å². The van der Waals surface area contributed by atoms with Crippen molar-refractivity contribution in [2.24, 2.45) is 0 Å². The lowest BCUT2D eigenvalue weighted by atomic mass is 9.72. The Kier molecular flexibility index (Phi) is 16.0. The van der Waals surface area contributed by atoms with Gasteiger partial charge in [-0.1, -0.05) is 319 Å². The van der Waals surface area contributed by atoms with Crippen molar-refractivity contribution < 1.29 is 18.9 Å². The van der Waals surface area contributed by atoms with Gasteiger partial charge in [-0.05, 0) is 209 Å². The van der Waals surface area contributed by atoms with Gasteiger partial charge in [-0.3, -0.25) is 0 Å². The highest BCUT2D eigenvalue weighted by atomic mass is 79.9. The summed E-state index contributed by atoms with van der Waals surface area (Å²) >= 11 is 3.47. The fraction of sp³-hybridized carbons (Fsp3) is 0. The van der Waals surface area contributed by atoms with E-state index in [0.717, 1.165) is 75.8 Å². The van der Waals surface area contributed by atoms with E-state index < -0.39 is 7.12 Å². The molecule has 0 aliphatic heterocycles. The largest absolute Gasteiger partial charge is 0.489 e. The number of furan rings is 2. The minimum Gasteiger partial charge on any atom is -0.456 e. The van der Waals surface area contributed by atoms with Crippen LogP contribution in [0.5, 0.6) is 0 Å². The van der Waals surface area contributed by atoms with Gasteiger partial charge in [0.1, 0.15) is 22.3 Å². The summed E-state index contributed by atoms with van der Waals surface area (Å²) in [6, 6.07) is 128. The first kappa shape index (κ1) is 61.9. The predicted molar refractivity (Wildman–Crippen MR) is 434 cm³/mol. The highest BCUT2D eigenvalue weighted by molar-refractivity contribution is 9.10. The molecule has 480 valence electrons. The van der Waals surface area contributed by atoms with E-state index in [0.29, 0.717) is 5.46 Å². The van der Waals surface area contributed by atoms with E-state index in [1.165, 1.54) is 115 Å². The summed E-state index contributed by atoms with van der Waals surface area (Å²) in [6.07, 6.45) is 0. The minimum absolute atomic E-state index is 0.551. The zero-order valence-electron chi connectivity index (χ0n) is 55.3. The summed E-state index contributed by atoms with van der Waals surface area (Å²) in [5.41, 5.74) is 21.1. The molecule has 2 heterocycles. The van der Waals surface area contributed by atoms with E-state index in [1.807, 2.05) is 72.8 Å². The van der Waals surface area contributed by atoms with Gasteiger partial charge in [0.2, 0.25) is 0 Å². The van der Waals surface area contributed by atoms with Crippen LogP contribution in [-0.4, -0.2) is 17.2 Å². The van der Waals surface area contributed by atoms with Crippen molar-refractivity contribution in [1.29, 1.82) is 0 Å². The highest BCUT2D eigenvalue weighted by Crippen LogP contribution is 2.46. The van der Waals surface area contributed by atoms with Crippen LogP contribution in [0.1, 0.15) is 0 Å². The number of halogens is 1. The van der Waals surface area contributed by atoms with Crippen LogP contribution in [0, 0.1) is 0 Å². The van der Waals surface area contributed by atoms with Crippen molar-refractivity contribution in [3.05, 3.63) is 368 Å². The van der Waals surface area contributed by atoms with E-state index in [2.05, 4.69) is 307 Å². The molecule has 4 nitrogen and oxygen atoms in total. The van der Waals surface area contributed by atoms with Gasteiger partial charge in [0.15, 0.2) is 0 Å². The molecule has 20 rings (SSSR count). The molecule has 0 bridgehead atoms. The van der Waals surface area contributed by atoms with E-state index in [1.54, 1.807) is 0 Å². The third-order valence-corrected chi connectivity index (χ3v) is 20.6. The van der Waals surface area contributed by atoms with Crippen LogP contribution in [0.15, 0.2) is 377 Å². The average molecular weight is 1370 g/mol. The van der Waals surface area contributed by atoms with Gasteiger partial charge >= 0.3 is 7.12 Å². The first-order valence-electron chi connectivity index (χ1n) is 34.4. The summed E-state index contributed by atoms with van der Waals surface area (Å²) in [5, 5.41) is 38.8. The zero-order valence-corrected chi connectivity index (χ0v) is 56.9. The van der Waals surface area contributed by atoms with E-state index in [-0.39, 0.29) is 0 Å². The van der Waals surface area contributed by atoms with Gasteiger partial charge in [0.05, 0.1) is 0 Å². The normalized spacial score (nSPS) is 11.5. The van der Waals surface area contributed by atoms with E-state index >= 15 is 0 Å². The fourth-order valence-corrected chi connectivity index (χ4v) is 15.7. The molecule has 0 atom stereocenters. The molecular weight excluding hydrogens is 1310 g/mol. The smallest absolute Gasteiger partial charge is 0.456 e. The van der Waals surface area contributed by atoms with Crippen LogP contribution in [-0.2, 0) is 0 Å². The molecule has 6 heteroatoms. The Morgan fingerprint density at radius 3 is 0.922 bits per heavy atom. The molecule has 102 heavy (non-hydrogen) atoms. The third kappa shape index (κ3) is 11.3. The predicted octanol–water partition coefficient (Wildman–Crippen LogP) is 25.9. The quantitative estimate of drug-likeness (QED) is 0.118. The SMILES string of the molecule is Brc1ccc(-c2ccc3oc4ccccc4c3c2)cc1.OB(O)c1c2ccccc2c(-c2cccc(-c3cccc4ccccc34)c2)c2ccccc12.c1cc(-c2cccc3ccccc23)cc(-c2c3ccccc3c(-c3ccc(-c4ccc5oc6ccccc6c5c4)cc3)c3ccccc23)c1. The first-order chi connectivity index (χ1) is 50.3. The fourth-order valence-electron chi connectivity index (χ4n) is 15.4. The van der Waals surface area contributed by atoms with Crippen LogP contribution < -0.4 is 5.46 Å². The average Bonchev–Trinajstić information content (AvgIpc) is 1.05. The Morgan fingerprint density at radius 2 is 0.500 bits per heavy atom. The Balaban J connectivity index is 0.000000121.